The van der Waals surface area contributed by atoms with Crippen LogP contribution in [0.1, 0.15) is 6.92 Å². The summed E-state index contributed by atoms with van der Waals surface area (Å²) >= 11 is 0. The van der Waals surface area contributed by atoms with Crippen LogP contribution in [0.15, 0.2) is 72.9 Å². The summed E-state index contributed by atoms with van der Waals surface area (Å²) in [5.41, 5.74) is 0.824. The molecule has 0 aromatic heterocycles. The number of alkyl halides is 3. The zero-order valence-corrected chi connectivity index (χ0v) is 9.77. The second kappa shape index (κ2) is 6.09. The number of allylic oxidation sites excluding steroid dienone is 8. The summed E-state index contributed by atoms with van der Waals surface area (Å²) in [6.45, 7) is 15.7. The Balaban J connectivity index is 4.57. The minimum Gasteiger partial charge on any atom is -0.166 e. The van der Waals surface area contributed by atoms with Gasteiger partial charge in [-0.25, -0.2) is 0 Å². The quantitative estimate of drug-likeness (QED) is 0.599. The average Bonchev–Trinajstić information content (AvgIpc) is 2.20. The average molecular weight is 240 g/mol. The highest BCUT2D eigenvalue weighted by Crippen LogP contribution is 2.25. The Morgan fingerprint density at radius 1 is 0.824 bits per heavy atom. The SMILES string of the molecule is C=C(C)/C=C\C(=C)C(=C)/C=C\C(=C)C(F)(F)F. The topological polar surface area (TPSA) is 0 Å². The van der Waals surface area contributed by atoms with Gasteiger partial charge >= 0.3 is 6.18 Å². The fourth-order valence-corrected chi connectivity index (χ4v) is 0.753. The van der Waals surface area contributed by atoms with Gasteiger partial charge in [0.1, 0.15) is 0 Å². The fraction of sp³-hybridized carbons (Fsp3) is 0.143. The lowest BCUT2D eigenvalue weighted by atomic mass is 10.1. The van der Waals surface area contributed by atoms with E-state index in [-0.39, 0.29) is 0 Å². The fourth-order valence-electron chi connectivity index (χ4n) is 0.753. The first kappa shape index (κ1) is 15.2. The summed E-state index contributed by atoms with van der Waals surface area (Å²) in [7, 11) is 0. The number of hydrogen-bond donors (Lipinski definition) is 0. The lowest BCUT2D eigenvalue weighted by molar-refractivity contribution is -0.0878. The van der Waals surface area contributed by atoms with Crippen LogP contribution in [-0.2, 0) is 0 Å². The van der Waals surface area contributed by atoms with Gasteiger partial charge in [-0.3, -0.25) is 0 Å². The highest BCUT2D eigenvalue weighted by Gasteiger charge is 2.29. The zero-order valence-electron chi connectivity index (χ0n) is 9.77. The molecule has 0 atom stereocenters. The van der Waals surface area contributed by atoms with Gasteiger partial charge in [0.15, 0.2) is 0 Å². The van der Waals surface area contributed by atoms with E-state index in [1.54, 1.807) is 19.1 Å². The van der Waals surface area contributed by atoms with Crippen LogP contribution in [0.25, 0.3) is 0 Å². The second-order valence-electron chi connectivity index (χ2n) is 3.59. The van der Waals surface area contributed by atoms with E-state index in [9.17, 15) is 13.2 Å². The molecule has 0 radical (unpaired) electrons. The summed E-state index contributed by atoms with van der Waals surface area (Å²) in [4.78, 5) is 0. The van der Waals surface area contributed by atoms with E-state index in [0.717, 1.165) is 11.6 Å². The van der Waals surface area contributed by atoms with E-state index < -0.39 is 11.7 Å². The van der Waals surface area contributed by atoms with Crippen LogP contribution in [0.2, 0.25) is 0 Å². The minimum absolute atomic E-state index is 0.396. The summed E-state index contributed by atoms with van der Waals surface area (Å²) < 4.78 is 36.4. The van der Waals surface area contributed by atoms with Crippen LogP contribution < -0.4 is 0 Å². The molecule has 0 aromatic carbocycles. The van der Waals surface area contributed by atoms with Gasteiger partial charge in [-0.15, -0.1) is 0 Å². The predicted octanol–water partition coefficient (Wildman–Crippen LogP) is 4.91. The van der Waals surface area contributed by atoms with Crippen LogP contribution in [0.4, 0.5) is 13.2 Å². The van der Waals surface area contributed by atoms with E-state index in [1.807, 2.05) is 0 Å². The molecule has 92 valence electrons. The summed E-state index contributed by atoms with van der Waals surface area (Å²) in [6.07, 6.45) is 1.06. The monoisotopic (exact) mass is 240 g/mol. The third-order valence-corrected chi connectivity index (χ3v) is 1.83. The van der Waals surface area contributed by atoms with Crippen molar-refractivity contribution >= 4 is 0 Å². The third-order valence-electron chi connectivity index (χ3n) is 1.83. The number of halogens is 3. The van der Waals surface area contributed by atoms with Crippen molar-refractivity contribution in [3.8, 4) is 0 Å². The minimum atomic E-state index is -4.41. The van der Waals surface area contributed by atoms with E-state index in [0.29, 0.717) is 11.1 Å². The van der Waals surface area contributed by atoms with E-state index in [4.69, 9.17) is 0 Å². The van der Waals surface area contributed by atoms with Gasteiger partial charge in [0.2, 0.25) is 0 Å². The molecular weight excluding hydrogens is 225 g/mol. The first-order valence-corrected chi connectivity index (χ1v) is 4.80. The number of hydrogen-bond acceptors (Lipinski definition) is 0. The Labute approximate surface area is 99.8 Å². The lowest BCUT2D eigenvalue weighted by Crippen LogP contribution is -2.08. The Kier molecular flexibility index (Phi) is 5.45. The standard InChI is InChI=1S/C14H15F3/c1-10(2)6-7-11(3)12(4)8-9-13(5)14(15,16)17/h6-9H,1,3-5H2,2H3/b7-6-,9-8-. The Hall–Kier alpha value is -1.77. The molecule has 0 nitrogen and oxygen atoms in total. The van der Waals surface area contributed by atoms with Crippen molar-refractivity contribution < 1.29 is 13.2 Å². The van der Waals surface area contributed by atoms with Crippen LogP contribution in [0, 0.1) is 0 Å². The van der Waals surface area contributed by atoms with Gasteiger partial charge in [-0.1, -0.05) is 56.2 Å². The maximum absolute atomic E-state index is 12.1. The molecule has 3 heteroatoms. The molecule has 0 aliphatic carbocycles. The van der Waals surface area contributed by atoms with Gasteiger partial charge in [0, 0.05) is 5.57 Å². The lowest BCUT2D eigenvalue weighted by Gasteiger charge is -2.05. The molecule has 0 saturated heterocycles. The van der Waals surface area contributed by atoms with Gasteiger partial charge < -0.3 is 0 Å². The summed E-state index contributed by atoms with van der Waals surface area (Å²) in [6, 6.07) is 0. The molecule has 0 bridgehead atoms. The van der Waals surface area contributed by atoms with Crippen LogP contribution in [-0.4, -0.2) is 6.18 Å². The van der Waals surface area contributed by atoms with Crippen molar-refractivity contribution in [2.24, 2.45) is 0 Å². The second-order valence-corrected chi connectivity index (χ2v) is 3.59. The van der Waals surface area contributed by atoms with Crippen molar-refractivity contribution in [2.75, 3.05) is 0 Å². The van der Waals surface area contributed by atoms with Crippen LogP contribution in [0.3, 0.4) is 0 Å². The first-order valence-electron chi connectivity index (χ1n) is 4.80. The molecular formula is C14H15F3. The maximum atomic E-state index is 12.1. The highest BCUT2D eigenvalue weighted by molar-refractivity contribution is 5.45. The molecule has 0 spiro atoms. The van der Waals surface area contributed by atoms with Crippen molar-refractivity contribution in [1.29, 1.82) is 0 Å². The molecule has 0 unspecified atom stereocenters. The molecule has 0 heterocycles. The molecule has 0 N–H and O–H groups in total. The van der Waals surface area contributed by atoms with E-state index >= 15 is 0 Å². The van der Waals surface area contributed by atoms with Crippen LogP contribution >= 0.6 is 0 Å². The van der Waals surface area contributed by atoms with Crippen molar-refractivity contribution in [3.05, 3.63) is 72.9 Å². The molecule has 0 fully saturated rings. The molecule has 0 saturated carbocycles. The van der Waals surface area contributed by atoms with Gasteiger partial charge in [-0.05, 0) is 18.1 Å². The molecule has 0 aromatic rings. The van der Waals surface area contributed by atoms with Gasteiger partial charge in [-0.2, -0.15) is 13.2 Å². The third kappa shape index (κ3) is 6.40. The Morgan fingerprint density at radius 2 is 1.24 bits per heavy atom. The van der Waals surface area contributed by atoms with Crippen molar-refractivity contribution in [2.45, 2.75) is 13.1 Å². The molecule has 0 aliphatic heterocycles. The predicted molar refractivity (Wildman–Crippen MR) is 66.6 cm³/mol. The maximum Gasteiger partial charge on any atom is 0.415 e. The Bertz CT molecular complexity index is 404. The smallest absolute Gasteiger partial charge is 0.166 e. The van der Waals surface area contributed by atoms with Crippen molar-refractivity contribution in [3.63, 3.8) is 0 Å². The number of rotatable bonds is 5. The molecule has 0 rings (SSSR count). The summed E-state index contributed by atoms with van der Waals surface area (Å²) in [5.74, 6) is 0. The molecule has 0 amide bonds. The summed E-state index contributed by atoms with van der Waals surface area (Å²) in [5, 5.41) is 0. The largest absolute Gasteiger partial charge is 0.415 e. The van der Waals surface area contributed by atoms with Crippen LogP contribution in [0.5, 0.6) is 0 Å². The van der Waals surface area contributed by atoms with Gasteiger partial charge in [0.05, 0.1) is 0 Å². The molecule has 17 heavy (non-hydrogen) atoms. The van der Waals surface area contributed by atoms with E-state index in [1.165, 1.54) is 6.08 Å². The van der Waals surface area contributed by atoms with Gasteiger partial charge in [0.25, 0.3) is 0 Å². The Morgan fingerprint density at radius 3 is 1.59 bits per heavy atom. The highest BCUT2D eigenvalue weighted by atomic mass is 19.4. The van der Waals surface area contributed by atoms with E-state index in [2.05, 4.69) is 26.3 Å². The first-order chi connectivity index (χ1) is 7.64. The normalized spacial score (nSPS) is 12.0. The zero-order chi connectivity index (χ0) is 13.6. The van der Waals surface area contributed by atoms with Crippen molar-refractivity contribution in [1.82, 2.24) is 0 Å². The molecule has 0 aliphatic rings.